The molecular weight excluding hydrogens is 428 g/mol. The second-order valence-electron chi connectivity index (χ2n) is 6.08. The Morgan fingerprint density at radius 3 is 2.64 bits per heavy atom. The number of halogens is 1. The summed E-state index contributed by atoms with van der Waals surface area (Å²) in [6.45, 7) is 3.93. The lowest BCUT2D eigenvalue weighted by atomic mass is 10.1. The first kappa shape index (κ1) is 19.6. The highest BCUT2D eigenvalue weighted by molar-refractivity contribution is 9.10. The van der Waals surface area contributed by atoms with Gasteiger partial charge in [-0.2, -0.15) is 0 Å². The van der Waals surface area contributed by atoms with Crippen LogP contribution in [0.1, 0.15) is 18.1 Å². The zero-order valence-electron chi connectivity index (χ0n) is 15.2. The van der Waals surface area contributed by atoms with Crippen molar-refractivity contribution in [3.63, 3.8) is 0 Å². The summed E-state index contributed by atoms with van der Waals surface area (Å²) in [4.78, 5) is 38.4. The molecule has 0 unspecified atom stereocenters. The lowest BCUT2D eigenvalue weighted by Gasteiger charge is -2.26. The Bertz CT molecular complexity index is 1020. The van der Waals surface area contributed by atoms with Crippen molar-refractivity contribution in [3.8, 4) is 11.5 Å². The van der Waals surface area contributed by atoms with Gasteiger partial charge < -0.3 is 9.84 Å². The van der Waals surface area contributed by atoms with Crippen molar-refractivity contribution in [1.82, 2.24) is 5.32 Å². The monoisotopic (exact) mass is 444 g/mol. The van der Waals surface area contributed by atoms with Crippen molar-refractivity contribution in [2.45, 2.75) is 13.8 Å². The maximum atomic E-state index is 12.9. The molecule has 2 aromatic rings. The van der Waals surface area contributed by atoms with Crippen LogP contribution in [0.15, 0.2) is 46.4 Å². The summed E-state index contributed by atoms with van der Waals surface area (Å²) >= 11 is 3.22. The lowest BCUT2D eigenvalue weighted by molar-refractivity contribution is -0.122. The molecule has 0 radical (unpaired) electrons. The third-order valence-electron chi connectivity index (χ3n) is 4.02. The molecule has 1 heterocycles. The molecule has 2 N–H and O–H groups in total. The molecule has 1 saturated heterocycles. The van der Waals surface area contributed by atoms with Gasteiger partial charge in [0.05, 0.1) is 16.8 Å². The second-order valence-corrected chi connectivity index (χ2v) is 6.93. The van der Waals surface area contributed by atoms with Gasteiger partial charge in [0.15, 0.2) is 11.5 Å². The van der Waals surface area contributed by atoms with Gasteiger partial charge in [-0.05, 0) is 71.2 Å². The van der Waals surface area contributed by atoms with E-state index in [1.165, 1.54) is 12.1 Å². The predicted octanol–water partition coefficient (Wildman–Crippen LogP) is 3.53. The average Bonchev–Trinajstić information content (AvgIpc) is 2.63. The zero-order valence-corrected chi connectivity index (χ0v) is 16.7. The molecule has 0 aliphatic carbocycles. The van der Waals surface area contributed by atoms with E-state index in [0.29, 0.717) is 22.3 Å². The van der Waals surface area contributed by atoms with E-state index in [1.54, 1.807) is 31.2 Å². The Morgan fingerprint density at radius 1 is 1.21 bits per heavy atom. The topological polar surface area (TPSA) is 95.9 Å². The Hall–Kier alpha value is -3.13. The maximum Gasteiger partial charge on any atom is 0.335 e. The van der Waals surface area contributed by atoms with Crippen molar-refractivity contribution in [3.05, 3.63) is 57.6 Å². The summed E-state index contributed by atoms with van der Waals surface area (Å²) < 4.78 is 5.71. The smallest absolute Gasteiger partial charge is 0.335 e. The summed E-state index contributed by atoms with van der Waals surface area (Å²) in [5, 5.41) is 12.2. The number of carbonyl (C=O) groups excluding carboxylic acids is 3. The molecule has 4 amide bonds. The Balaban J connectivity index is 2.04. The summed E-state index contributed by atoms with van der Waals surface area (Å²) in [5.74, 6) is -1.40. The van der Waals surface area contributed by atoms with Crippen LogP contribution < -0.4 is 15.0 Å². The van der Waals surface area contributed by atoms with Crippen molar-refractivity contribution >= 4 is 45.5 Å². The number of urea groups is 1. The number of phenolic OH excluding ortho intramolecular Hbond substituents is 1. The van der Waals surface area contributed by atoms with Gasteiger partial charge in [-0.3, -0.25) is 14.9 Å². The molecule has 144 valence electrons. The number of benzene rings is 2. The molecule has 1 fully saturated rings. The number of hydrogen-bond acceptors (Lipinski definition) is 5. The normalized spacial score (nSPS) is 15.8. The number of barbiturate groups is 1. The predicted molar refractivity (Wildman–Crippen MR) is 107 cm³/mol. The van der Waals surface area contributed by atoms with Crippen LogP contribution in [0.5, 0.6) is 11.5 Å². The first-order valence-electron chi connectivity index (χ1n) is 8.45. The number of amides is 4. The highest BCUT2D eigenvalue weighted by Crippen LogP contribution is 2.36. The Labute approximate surface area is 169 Å². The molecule has 8 heteroatoms. The number of carbonyl (C=O) groups is 3. The minimum absolute atomic E-state index is 0.0833. The van der Waals surface area contributed by atoms with Crippen LogP contribution in [-0.4, -0.2) is 29.6 Å². The quantitative estimate of drug-likeness (QED) is 0.555. The van der Waals surface area contributed by atoms with E-state index in [4.69, 9.17) is 4.74 Å². The molecule has 1 aliphatic heterocycles. The van der Waals surface area contributed by atoms with Gasteiger partial charge in [0, 0.05) is 0 Å². The third-order valence-corrected chi connectivity index (χ3v) is 4.63. The van der Waals surface area contributed by atoms with Crippen molar-refractivity contribution < 1.29 is 24.2 Å². The maximum absolute atomic E-state index is 12.9. The fraction of sp³-hybridized carbons (Fsp3) is 0.150. The van der Waals surface area contributed by atoms with E-state index in [1.807, 2.05) is 13.0 Å². The lowest BCUT2D eigenvalue weighted by Crippen LogP contribution is -2.54. The van der Waals surface area contributed by atoms with E-state index in [9.17, 15) is 19.5 Å². The molecular formula is C20H17BrN2O5. The van der Waals surface area contributed by atoms with E-state index in [0.717, 1.165) is 10.5 Å². The molecule has 0 saturated carbocycles. The van der Waals surface area contributed by atoms with Crippen LogP contribution >= 0.6 is 15.9 Å². The van der Waals surface area contributed by atoms with Crippen LogP contribution in [0.3, 0.4) is 0 Å². The fourth-order valence-corrected chi connectivity index (χ4v) is 3.23. The molecule has 0 aromatic heterocycles. The van der Waals surface area contributed by atoms with Gasteiger partial charge in [0.2, 0.25) is 0 Å². The molecule has 28 heavy (non-hydrogen) atoms. The SMILES string of the molecule is CCOc1cc(C=C2C(=O)NC(=O)N(c3cccc(C)c3)C2=O)cc(Br)c1O. The summed E-state index contributed by atoms with van der Waals surface area (Å²) in [6.07, 6.45) is 1.35. The third kappa shape index (κ3) is 3.77. The largest absolute Gasteiger partial charge is 0.503 e. The van der Waals surface area contributed by atoms with Crippen molar-refractivity contribution in [2.75, 3.05) is 11.5 Å². The molecule has 1 aliphatic rings. The highest BCUT2D eigenvalue weighted by atomic mass is 79.9. The molecule has 3 rings (SSSR count). The summed E-state index contributed by atoms with van der Waals surface area (Å²) in [6, 6.07) is 9.08. The minimum atomic E-state index is -0.806. The second kappa shape index (κ2) is 7.85. The standard InChI is InChI=1S/C20H17BrN2O5/c1-3-28-16-10-12(9-15(21)17(16)24)8-14-18(25)22-20(27)23(19(14)26)13-6-4-5-11(2)7-13/h4-10,24H,3H2,1-2H3,(H,22,25,27). The number of nitrogens with one attached hydrogen (secondary N) is 1. The zero-order chi connectivity index (χ0) is 20.4. The van der Waals surface area contributed by atoms with Gasteiger partial charge in [-0.25, -0.2) is 9.69 Å². The van der Waals surface area contributed by atoms with Gasteiger partial charge in [0.25, 0.3) is 11.8 Å². The molecule has 7 nitrogen and oxygen atoms in total. The number of nitrogens with zero attached hydrogens (tertiary/aromatic N) is 1. The van der Waals surface area contributed by atoms with Gasteiger partial charge in [-0.15, -0.1) is 0 Å². The van der Waals surface area contributed by atoms with E-state index in [-0.39, 0.29) is 17.1 Å². The number of ether oxygens (including phenoxy) is 1. The van der Waals surface area contributed by atoms with Crippen LogP contribution in [0.25, 0.3) is 6.08 Å². The molecule has 0 atom stereocenters. The molecule has 0 spiro atoms. The summed E-state index contributed by atoms with van der Waals surface area (Å²) in [5.41, 5.74) is 1.47. The van der Waals surface area contributed by atoms with E-state index >= 15 is 0 Å². The van der Waals surface area contributed by atoms with Crippen molar-refractivity contribution in [2.24, 2.45) is 0 Å². The van der Waals surface area contributed by atoms with Gasteiger partial charge in [-0.1, -0.05) is 12.1 Å². The number of aryl methyl sites for hydroxylation is 1. The average molecular weight is 445 g/mol. The fourth-order valence-electron chi connectivity index (χ4n) is 2.77. The summed E-state index contributed by atoms with van der Waals surface area (Å²) in [7, 11) is 0. The van der Waals surface area contributed by atoms with E-state index in [2.05, 4.69) is 21.2 Å². The number of aromatic hydroxyl groups is 1. The highest BCUT2D eigenvalue weighted by Gasteiger charge is 2.36. The first-order valence-corrected chi connectivity index (χ1v) is 9.24. The van der Waals surface area contributed by atoms with Gasteiger partial charge >= 0.3 is 6.03 Å². The number of rotatable bonds is 4. The molecule has 2 aromatic carbocycles. The Kier molecular flexibility index (Phi) is 5.51. The minimum Gasteiger partial charge on any atom is -0.503 e. The van der Waals surface area contributed by atoms with Crippen molar-refractivity contribution in [1.29, 1.82) is 0 Å². The van der Waals surface area contributed by atoms with Crippen LogP contribution in [0.4, 0.5) is 10.5 Å². The van der Waals surface area contributed by atoms with Crippen LogP contribution in [-0.2, 0) is 9.59 Å². The number of hydrogen-bond donors (Lipinski definition) is 2. The Morgan fingerprint density at radius 2 is 1.96 bits per heavy atom. The van der Waals surface area contributed by atoms with Crippen LogP contribution in [0, 0.1) is 6.92 Å². The number of imide groups is 2. The van der Waals surface area contributed by atoms with Crippen LogP contribution in [0.2, 0.25) is 0 Å². The number of phenols is 1. The number of anilines is 1. The molecule has 0 bridgehead atoms. The van der Waals surface area contributed by atoms with E-state index < -0.39 is 17.8 Å². The first-order chi connectivity index (χ1) is 13.3. The van der Waals surface area contributed by atoms with Gasteiger partial charge in [0.1, 0.15) is 5.57 Å².